The van der Waals surface area contributed by atoms with Gasteiger partial charge in [0.15, 0.2) is 0 Å². The molecule has 8 nitrogen and oxygen atoms in total. The molecule has 1 atom stereocenters. The van der Waals surface area contributed by atoms with Crippen LogP contribution in [0.4, 0.5) is 5.69 Å². The fraction of sp³-hybridized carbons (Fsp3) is 0.388. The predicted octanol–water partition coefficient (Wildman–Crippen LogP) is 11.2. The average Bonchev–Trinajstić information content (AvgIpc) is 3.60. The van der Waals surface area contributed by atoms with E-state index in [0.717, 1.165) is 75.6 Å². The number of rotatable bonds is 15. The van der Waals surface area contributed by atoms with E-state index >= 15 is 0 Å². The van der Waals surface area contributed by atoms with Gasteiger partial charge in [0.2, 0.25) is 11.8 Å². The molecule has 1 aliphatic carbocycles. The molecule has 0 amide bonds. The van der Waals surface area contributed by atoms with Crippen LogP contribution in [0.15, 0.2) is 114 Å². The Kier molecular flexibility index (Phi) is 13.0. The van der Waals surface area contributed by atoms with Gasteiger partial charge in [-0.25, -0.2) is 0 Å². The van der Waals surface area contributed by atoms with Crippen LogP contribution in [-0.2, 0) is 20.3 Å². The van der Waals surface area contributed by atoms with E-state index in [1.54, 1.807) is 0 Å². The molecular formula is C49H56BrN5O3. The minimum atomic E-state index is 0.346. The maximum Gasteiger partial charge on any atom is 0.226 e. The van der Waals surface area contributed by atoms with E-state index in [1.165, 1.54) is 56.2 Å². The lowest BCUT2D eigenvalue weighted by atomic mass is 9.84. The van der Waals surface area contributed by atoms with Crippen molar-refractivity contribution in [3.05, 3.63) is 130 Å². The number of aryl methyl sites for hydroxylation is 1. The zero-order valence-corrected chi connectivity index (χ0v) is 35.7. The van der Waals surface area contributed by atoms with Crippen LogP contribution >= 0.6 is 15.9 Å². The summed E-state index contributed by atoms with van der Waals surface area (Å²) in [6.07, 6.45) is 9.15. The van der Waals surface area contributed by atoms with Gasteiger partial charge in [0.05, 0.1) is 17.2 Å². The molecule has 1 unspecified atom stereocenters. The molecular weight excluding hydrogens is 786 g/mol. The number of ether oxygens (including phenoxy) is 3. The van der Waals surface area contributed by atoms with Crippen molar-refractivity contribution in [2.24, 2.45) is 13.0 Å². The number of benzene rings is 4. The first-order chi connectivity index (χ1) is 28.4. The lowest BCUT2D eigenvalue weighted by Crippen LogP contribution is -2.49. The Bertz CT molecular complexity index is 2250. The highest BCUT2D eigenvalue weighted by molar-refractivity contribution is 9.10. The van der Waals surface area contributed by atoms with Gasteiger partial charge in [-0.1, -0.05) is 95.5 Å². The van der Waals surface area contributed by atoms with Crippen molar-refractivity contribution in [1.82, 2.24) is 19.7 Å². The van der Waals surface area contributed by atoms with Crippen molar-refractivity contribution >= 4 is 32.5 Å². The Morgan fingerprint density at radius 2 is 1.48 bits per heavy atom. The number of aromatic nitrogens is 3. The molecule has 0 radical (unpaired) electrons. The monoisotopic (exact) mass is 841 g/mol. The van der Waals surface area contributed by atoms with Crippen LogP contribution in [-0.4, -0.2) is 58.0 Å². The quantitative estimate of drug-likeness (QED) is 0.102. The largest absolute Gasteiger partial charge is 0.490 e. The topological polar surface area (TPSA) is 64.9 Å². The summed E-state index contributed by atoms with van der Waals surface area (Å²) in [4.78, 5) is 10.1. The fourth-order valence-corrected chi connectivity index (χ4v) is 8.98. The van der Waals surface area contributed by atoms with Gasteiger partial charge in [-0.2, -0.15) is 10.1 Å². The number of halogens is 1. The van der Waals surface area contributed by atoms with Crippen LogP contribution in [0.3, 0.4) is 0 Å². The molecule has 1 saturated heterocycles. The first kappa shape index (κ1) is 39.9. The van der Waals surface area contributed by atoms with Gasteiger partial charge < -0.3 is 19.1 Å². The first-order valence-corrected chi connectivity index (χ1v) is 21.9. The third-order valence-corrected chi connectivity index (χ3v) is 13.1. The van der Waals surface area contributed by atoms with E-state index in [4.69, 9.17) is 24.3 Å². The standard InChI is InChI=1S/C49H56BrN5O3/c1-35(12-10-17-37-20-23-41(24-21-37)58-46-19-11-18-44(50)36(46)2)54-28-30-55(31-29-54)40-22-25-42-45(32-40)53(3)52-48(42)43-26-27-47(56-33-38-13-6-4-7-14-38)51-49(43)57-34-39-15-8-5-9-16-39/h4-9,11,13-16,18-19,22,25-27,32,35,37,41H,10,12,17,20-21,23-24,28-31,33-34H2,1-3H3. The van der Waals surface area contributed by atoms with Crippen LogP contribution in [0.1, 0.15) is 68.6 Å². The van der Waals surface area contributed by atoms with E-state index in [-0.39, 0.29) is 0 Å². The molecule has 6 aromatic rings. The smallest absolute Gasteiger partial charge is 0.226 e. The van der Waals surface area contributed by atoms with Gasteiger partial charge >= 0.3 is 0 Å². The highest BCUT2D eigenvalue weighted by Crippen LogP contribution is 2.37. The van der Waals surface area contributed by atoms with Gasteiger partial charge in [-0.3, -0.25) is 9.58 Å². The highest BCUT2D eigenvalue weighted by Gasteiger charge is 2.26. The molecule has 1 saturated carbocycles. The average molecular weight is 843 g/mol. The summed E-state index contributed by atoms with van der Waals surface area (Å²) in [5.74, 6) is 2.88. The lowest BCUT2D eigenvalue weighted by Gasteiger charge is -2.39. The van der Waals surface area contributed by atoms with Crippen molar-refractivity contribution in [3.63, 3.8) is 0 Å². The summed E-state index contributed by atoms with van der Waals surface area (Å²) in [6, 6.07) is 37.9. The number of hydrogen-bond donors (Lipinski definition) is 0. The molecule has 1 aliphatic heterocycles. The molecule has 58 heavy (non-hydrogen) atoms. The van der Waals surface area contributed by atoms with Gasteiger partial charge in [0, 0.05) is 66.4 Å². The Morgan fingerprint density at radius 3 is 2.21 bits per heavy atom. The Labute approximate surface area is 352 Å². The summed E-state index contributed by atoms with van der Waals surface area (Å²) in [5.41, 5.74) is 7.38. The molecule has 8 rings (SSSR count). The molecule has 9 heteroatoms. The number of fused-ring (bicyclic) bond motifs is 1. The molecule has 2 aliphatic rings. The number of anilines is 1. The van der Waals surface area contributed by atoms with Gasteiger partial charge in [0.25, 0.3) is 0 Å². The third kappa shape index (κ3) is 9.70. The molecule has 3 heterocycles. The van der Waals surface area contributed by atoms with Crippen LogP contribution in [0.2, 0.25) is 0 Å². The SMILES string of the molecule is Cc1c(Br)cccc1OC1CCC(CCCC(C)N2CCN(c3ccc4c(-c5ccc(OCc6ccccc6)nc5OCc5ccccc5)nn(C)c4c3)CC2)CC1. The molecule has 302 valence electrons. The minimum Gasteiger partial charge on any atom is -0.490 e. The summed E-state index contributed by atoms with van der Waals surface area (Å²) in [5, 5.41) is 6.10. The molecule has 0 bridgehead atoms. The number of nitrogens with zero attached hydrogens (tertiary/aromatic N) is 5. The van der Waals surface area contributed by atoms with Crippen LogP contribution < -0.4 is 19.1 Å². The second-order valence-electron chi connectivity index (χ2n) is 16.2. The molecule has 0 N–H and O–H groups in total. The second-order valence-corrected chi connectivity index (χ2v) is 17.0. The van der Waals surface area contributed by atoms with Crippen molar-refractivity contribution < 1.29 is 14.2 Å². The third-order valence-electron chi connectivity index (χ3n) is 12.2. The summed E-state index contributed by atoms with van der Waals surface area (Å²) in [6.45, 7) is 9.60. The molecule has 0 spiro atoms. The maximum absolute atomic E-state index is 6.42. The molecule has 2 aromatic heterocycles. The van der Waals surface area contributed by atoms with Gasteiger partial charge in [-0.15, -0.1) is 0 Å². The van der Waals surface area contributed by atoms with E-state index < -0.39 is 0 Å². The van der Waals surface area contributed by atoms with E-state index in [1.807, 2.05) is 72.4 Å². The zero-order chi connectivity index (χ0) is 39.8. The summed E-state index contributed by atoms with van der Waals surface area (Å²) < 4.78 is 22.0. The van der Waals surface area contributed by atoms with Crippen molar-refractivity contribution in [2.45, 2.75) is 84.2 Å². The maximum atomic E-state index is 6.42. The van der Waals surface area contributed by atoms with E-state index in [9.17, 15) is 0 Å². The number of hydrogen-bond acceptors (Lipinski definition) is 7. The van der Waals surface area contributed by atoms with E-state index in [0.29, 0.717) is 37.1 Å². The van der Waals surface area contributed by atoms with Crippen molar-refractivity contribution in [1.29, 1.82) is 0 Å². The summed E-state index contributed by atoms with van der Waals surface area (Å²) >= 11 is 3.64. The van der Waals surface area contributed by atoms with Gasteiger partial charge in [0.1, 0.15) is 24.7 Å². The number of piperazine rings is 1. The van der Waals surface area contributed by atoms with Crippen molar-refractivity contribution in [2.75, 3.05) is 31.1 Å². The normalized spacial score (nSPS) is 18.0. The Hall–Kier alpha value is -4.86. The molecule has 2 fully saturated rings. The van der Waals surface area contributed by atoms with Crippen molar-refractivity contribution in [3.8, 4) is 28.8 Å². The number of pyridine rings is 1. The Balaban J connectivity index is 0.857. The lowest BCUT2D eigenvalue weighted by molar-refractivity contribution is 0.124. The van der Waals surface area contributed by atoms with Crippen LogP contribution in [0.5, 0.6) is 17.5 Å². The van der Waals surface area contributed by atoms with Gasteiger partial charge in [-0.05, 0) is 99.4 Å². The fourth-order valence-electron chi connectivity index (χ4n) is 8.63. The van der Waals surface area contributed by atoms with Crippen LogP contribution in [0, 0.1) is 12.8 Å². The zero-order valence-electron chi connectivity index (χ0n) is 34.2. The van der Waals surface area contributed by atoms with E-state index in [2.05, 4.69) is 88.1 Å². The Morgan fingerprint density at radius 1 is 0.776 bits per heavy atom. The first-order valence-electron chi connectivity index (χ1n) is 21.1. The van der Waals surface area contributed by atoms with Crippen LogP contribution in [0.25, 0.3) is 22.2 Å². The highest BCUT2D eigenvalue weighted by atomic mass is 79.9. The molecule has 4 aromatic carbocycles. The second kappa shape index (κ2) is 18.8. The predicted molar refractivity (Wildman–Crippen MR) is 238 cm³/mol. The minimum absolute atomic E-state index is 0.346. The summed E-state index contributed by atoms with van der Waals surface area (Å²) in [7, 11) is 2.02.